The van der Waals surface area contributed by atoms with Crippen LogP contribution >= 0.6 is 0 Å². The topological polar surface area (TPSA) is 78.4 Å². The van der Waals surface area contributed by atoms with Gasteiger partial charge in [-0.2, -0.15) is 0 Å². The highest BCUT2D eigenvalue weighted by molar-refractivity contribution is 5.64. The molecule has 0 fully saturated rings. The van der Waals surface area contributed by atoms with E-state index < -0.39 is 6.09 Å². The number of aldehydes is 1. The lowest BCUT2D eigenvalue weighted by atomic mass is 10.8. The second-order valence-electron chi connectivity index (χ2n) is 0.978. The monoisotopic (exact) mass is 118 g/mol. The molecule has 0 aliphatic rings. The molecule has 5 nitrogen and oxygen atoms in total. The van der Waals surface area contributed by atoms with Crippen LogP contribution in [0.25, 0.3) is 0 Å². The first kappa shape index (κ1) is 6.90. The predicted molar refractivity (Wildman–Crippen MR) is 25.2 cm³/mol. The fourth-order valence-electron chi connectivity index (χ4n) is 0.168. The molecule has 0 spiro atoms. The minimum absolute atomic E-state index is 0.00764. The molecule has 0 rings (SSSR count). The number of hydrogen-bond acceptors (Lipinski definition) is 3. The van der Waals surface area contributed by atoms with E-state index in [1.165, 1.54) is 0 Å². The highest BCUT2D eigenvalue weighted by atomic mass is 16.4. The van der Waals surface area contributed by atoms with Crippen molar-refractivity contribution in [3.05, 3.63) is 0 Å². The van der Waals surface area contributed by atoms with Crippen molar-refractivity contribution in [2.45, 2.75) is 0 Å². The number of carboxylic acid groups (broad SMARTS) is 1. The molecule has 0 aromatic heterocycles. The normalized spacial score (nSPS) is 8.00. The van der Waals surface area contributed by atoms with E-state index in [-0.39, 0.29) is 6.54 Å². The Kier molecular flexibility index (Phi) is 3.51. The molecule has 46 valence electrons. The smallest absolute Gasteiger partial charge is 0.419 e. The van der Waals surface area contributed by atoms with E-state index in [2.05, 4.69) is 5.43 Å². The van der Waals surface area contributed by atoms with E-state index in [1.54, 1.807) is 5.43 Å². The summed E-state index contributed by atoms with van der Waals surface area (Å²) in [6.45, 7) is -0.00764. The van der Waals surface area contributed by atoms with Crippen molar-refractivity contribution in [3.63, 3.8) is 0 Å². The largest absolute Gasteiger partial charge is 0.464 e. The molecule has 0 bridgehead atoms. The Morgan fingerprint density at radius 2 is 2.38 bits per heavy atom. The Labute approximate surface area is 45.7 Å². The zero-order valence-electron chi connectivity index (χ0n) is 4.05. The third-order valence-corrected chi connectivity index (χ3v) is 0.381. The van der Waals surface area contributed by atoms with E-state index in [9.17, 15) is 9.59 Å². The molecule has 0 saturated carbocycles. The highest BCUT2D eigenvalue weighted by Crippen LogP contribution is 1.50. The molecule has 0 aromatic carbocycles. The van der Waals surface area contributed by atoms with Gasteiger partial charge in [0.05, 0.1) is 6.54 Å². The van der Waals surface area contributed by atoms with Crippen molar-refractivity contribution in [1.29, 1.82) is 0 Å². The third-order valence-electron chi connectivity index (χ3n) is 0.381. The van der Waals surface area contributed by atoms with Crippen molar-refractivity contribution in [3.8, 4) is 0 Å². The van der Waals surface area contributed by atoms with Gasteiger partial charge in [0.25, 0.3) is 0 Å². The Morgan fingerprint density at radius 1 is 1.75 bits per heavy atom. The highest BCUT2D eigenvalue weighted by Gasteiger charge is 1.87. The van der Waals surface area contributed by atoms with Crippen LogP contribution in [0, 0.1) is 0 Å². The first-order chi connectivity index (χ1) is 3.77. The third kappa shape index (κ3) is 4.90. The number of carbonyl (C=O) groups excluding carboxylic acids is 1. The van der Waals surface area contributed by atoms with E-state index in [4.69, 9.17) is 5.11 Å². The molecule has 0 radical (unpaired) electrons. The van der Waals surface area contributed by atoms with Gasteiger partial charge in [0, 0.05) is 0 Å². The van der Waals surface area contributed by atoms with E-state index in [0.29, 0.717) is 6.29 Å². The molecular weight excluding hydrogens is 112 g/mol. The summed E-state index contributed by atoms with van der Waals surface area (Å²) in [5, 5.41) is 7.85. The van der Waals surface area contributed by atoms with E-state index in [1.807, 2.05) is 0 Å². The minimum Gasteiger partial charge on any atom is -0.464 e. The van der Waals surface area contributed by atoms with Gasteiger partial charge in [0.2, 0.25) is 0 Å². The Morgan fingerprint density at radius 3 is 2.75 bits per heavy atom. The maximum absolute atomic E-state index is 9.58. The van der Waals surface area contributed by atoms with Crippen molar-refractivity contribution in [2.24, 2.45) is 0 Å². The zero-order valence-corrected chi connectivity index (χ0v) is 4.05. The molecule has 0 saturated heterocycles. The Balaban J connectivity index is 2.93. The Hall–Kier alpha value is -1.10. The van der Waals surface area contributed by atoms with Gasteiger partial charge in [0.1, 0.15) is 6.29 Å². The van der Waals surface area contributed by atoms with E-state index >= 15 is 0 Å². The number of carbonyl (C=O) groups is 2. The van der Waals surface area contributed by atoms with Crippen LogP contribution in [0.1, 0.15) is 0 Å². The summed E-state index contributed by atoms with van der Waals surface area (Å²) >= 11 is 0. The van der Waals surface area contributed by atoms with Gasteiger partial charge >= 0.3 is 6.09 Å². The van der Waals surface area contributed by atoms with Gasteiger partial charge in [-0.05, 0) is 0 Å². The van der Waals surface area contributed by atoms with Gasteiger partial charge in [-0.15, -0.1) is 0 Å². The molecule has 3 N–H and O–H groups in total. The van der Waals surface area contributed by atoms with Crippen molar-refractivity contribution in [1.82, 2.24) is 10.9 Å². The molecule has 0 aliphatic carbocycles. The summed E-state index contributed by atoms with van der Waals surface area (Å²) in [7, 11) is 0. The van der Waals surface area contributed by atoms with Crippen LogP contribution in [0.15, 0.2) is 0 Å². The molecule has 0 atom stereocenters. The van der Waals surface area contributed by atoms with Crippen LogP contribution in [0.2, 0.25) is 0 Å². The summed E-state index contributed by atoms with van der Waals surface area (Å²) in [4.78, 5) is 19.1. The number of rotatable bonds is 3. The second kappa shape index (κ2) is 4.07. The molecule has 5 heteroatoms. The SMILES string of the molecule is O=CCNNC(=O)O. The average Bonchev–Trinajstić information content (AvgIpc) is 1.66. The molecule has 0 unspecified atom stereocenters. The predicted octanol–water partition coefficient (Wildman–Crippen LogP) is -1.04. The fourth-order valence-corrected chi connectivity index (χ4v) is 0.168. The van der Waals surface area contributed by atoms with Crippen LogP contribution in [0.4, 0.5) is 4.79 Å². The number of hydrazine groups is 1. The van der Waals surface area contributed by atoms with Gasteiger partial charge in [-0.1, -0.05) is 0 Å². The van der Waals surface area contributed by atoms with Crippen LogP contribution in [0.5, 0.6) is 0 Å². The van der Waals surface area contributed by atoms with Crippen LogP contribution < -0.4 is 10.9 Å². The van der Waals surface area contributed by atoms with Gasteiger partial charge < -0.3 is 9.90 Å². The molecule has 0 heterocycles. The standard InChI is InChI=1S/C3H6N2O3/c6-2-1-4-5-3(7)8/h2,4-5H,1H2,(H,7,8). The fraction of sp³-hybridized carbons (Fsp3) is 0.333. The summed E-state index contributed by atoms with van der Waals surface area (Å²) in [5.41, 5.74) is 3.90. The lowest BCUT2D eigenvalue weighted by Gasteiger charge is -1.94. The zero-order chi connectivity index (χ0) is 6.41. The number of hydrogen-bond donors (Lipinski definition) is 3. The van der Waals surface area contributed by atoms with Gasteiger partial charge in [-0.3, -0.25) is 5.43 Å². The molecule has 0 aromatic rings. The summed E-state index contributed by atoms with van der Waals surface area (Å²) in [6.07, 6.45) is -0.650. The van der Waals surface area contributed by atoms with Crippen molar-refractivity contribution >= 4 is 12.4 Å². The number of nitrogens with one attached hydrogen (secondary N) is 2. The first-order valence-electron chi connectivity index (χ1n) is 1.93. The average molecular weight is 118 g/mol. The second-order valence-corrected chi connectivity index (χ2v) is 0.978. The summed E-state index contributed by atoms with van der Waals surface area (Å²) in [6, 6.07) is 0. The van der Waals surface area contributed by atoms with Crippen LogP contribution in [0.3, 0.4) is 0 Å². The van der Waals surface area contributed by atoms with Crippen molar-refractivity contribution < 1.29 is 14.7 Å². The molecule has 0 aliphatic heterocycles. The molecule has 8 heavy (non-hydrogen) atoms. The molecule has 1 amide bonds. The lowest BCUT2D eigenvalue weighted by molar-refractivity contribution is -0.107. The van der Waals surface area contributed by atoms with Crippen LogP contribution in [-0.2, 0) is 4.79 Å². The number of amides is 1. The summed E-state index contributed by atoms with van der Waals surface area (Å²) in [5.74, 6) is 0. The first-order valence-corrected chi connectivity index (χ1v) is 1.93. The Bertz CT molecular complexity index is 92.5. The van der Waals surface area contributed by atoms with E-state index in [0.717, 1.165) is 0 Å². The van der Waals surface area contributed by atoms with Gasteiger partial charge in [-0.25, -0.2) is 10.2 Å². The summed E-state index contributed by atoms with van der Waals surface area (Å²) < 4.78 is 0. The van der Waals surface area contributed by atoms with Crippen molar-refractivity contribution in [2.75, 3.05) is 6.54 Å². The minimum atomic E-state index is -1.20. The lowest BCUT2D eigenvalue weighted by Crippen LogP contribution is -2.37. The maximum Gasteiger partial charge on any atom is 0.419 e. The maximum atomic E-state index is 9.58. The molecular formula is C3H6N2O3. The quantitative estimate of drug-likeness (QED) is 0.251. The van der Waals surface area contributed by atoms with Gasteiger partial charge in [0.15, 0.2) is 0 Å². The van der Waals surface area contributed by atoms with Crippen LogP contribution in [-0.4, -0.2) is 24.0 Å².